The van der Waals surface area contributed by atoms with Gasteiger partial charge >= 0.3 is 0 Å². The number of hydrogen-bond donors (Lipinski definition) is 2. The molecule has 0 radical (unpaired) electrons. The van der Waals surface area contributed by atoms with E-state index in [4.69, 9.17) is 0 Å². The number of amides is 1. The molecule has 20 heavy (non-hydrogen) atoms. The van der Waals surface area contributed by atoms with Crippen molar-refractivity contribution in [1.29, 1.82) is 0 Å². The molecule has 108 valence electrons. The average Bonchev–Trinajstić information content (AvgIpc) is 2.94. The zero-order valence-corrected chi connectivity index (χ0v) is 12.1. The zero-order valence-electron chi connectivity index (χ0n) is 12.1. The summed E-state index contributed by atoms with van der Waals surface area (Å²) in [5.41, 5.74) is 2.01. The Morgan fingerprint density at radius 2 is 2.25 bits per heavy atom. The van der Waals surface area contributed by atoms with Crippen LogP contribution in [0.25, 0.3) is 0 Å². The Balaban J connectivity index is 1.84. The minimum atomic E-state index is -0.111. The molecule has 0 bridgehead atoms. The van der Waals surface area contributed by atoms with E-state index in [0.29, 0.717) is 18.9 Å². The van der Waals surface area contributed by atoms with Crippen molar-refractivity contribution in [2.45, 2.75) is 46.6 Å². The minimum Gasteiger partial charge on any atom is -0.293 e. The highest BCUT2D eigenvalue weighted by molar-refractivity contribution is 5.88. The van der Waals surface area contributed by atoms with Crippen LogP contribution in [0.2, 0.25) is 0 Å². The fraction of sp³-hybridized carbons (Fsp3) is 0.538. The molecule has 1 amide bonds. The standard InChI is InChI=1S/C13H20N6O/c1-4-5-11-14-13(17-16-11)15-12(20)6-7-19-10(3)8-9(2)18-19/h8H,4-7H2,1-3H3,(H2,14,15,16,17,20). The summed E-state index contributed by atoms with van der Waals surface area (Å²) in [5.74, 6) is 1.02. The second kappa shape index (κ2) is 6.31. The number of hydrogen-bond acceptors (Lipinski definition) is 4. The maximum absolute atomic E-state index is 11.8. The van der Waals surface area contributed by atoms with Crippen LogP contribution in [0.5, 0.6) is 0 Å². The van der Waals surface area contributed by atoms with Crippen LogP contribution < -0.4 is 5.32 Å². The number of rotatable bonds is 6. The molecule has 2 heterocycles. The summed E-state index contributed by atoms with van der Waals surface area (Å²) in [5, 5.41) is 13.8. The first kappa shape index (κ1) is 14.2. The van der Waals surface area contributed by atoms with E-state index in [9.17, 15) is 4.79 Å². The number of aromatic amines is 1. The number of aromatic nitrogens is 5. The molecule has 7 heteroatoms. The molecule has 0 aliphatic heterocycles. The first-order valence-electron chi connectivity index (χ1n) is 6.80. The van der Waals surface area contributed by atoms with Crippen LogP contribution in [0, 0.1) is 13.8 Å². The van der Waals surface area contributed by atoms with Gasteiger partial charge in [0.1, 0.15) is 5.82 Å². The summed E-state index contributed by atoms with van der Waals surface area (Å²) in [4.78, 5) is 16.0. The van der Waals surface area contributed by atoms with Crippen molar-refractivity contribution in [3.05, 3.63) is 23.3 Å². The van der Waals surface area contributed by atoms with Gasteiger partial charge < -0.3 is 0 Å². The van der Waals surface area contributed by atoms with Crippen LogP contribution >= 0.6 is 0 Å². The van der Waals surface area contributed by atoms with Gasteiger partial charge in [-0.1, -0.05) is 6.92 Å². The smallest absolute Gasteiger partial charge is 0.248 e. The first-order chi connectivity index (χ1) is 9.58. The molecule has 7 nitrogen and oxygen atoms in total. The molecule has 0 aromatic carbocycles. The fourth-order valence-corrected chi connectivity index (χ4v) is 2.00. The molecule has 0 aliphatic rings. The monoisotopic (exact) mass is 276 g/mol. The Morgan fingerprint density at radius 3 is 2.90 bits per heavy atom. The highest BCUT2D eigenvalue weighted by atomic mass is 16.1. The molecule has 0 saturated heterocycles. The SMILES string of the molecule is CCCc1nc(NC(=O)CCn2nc(C)cc2C)n[nH]1. The number of anilines is 1. The largest absolute Gasteiger partial charge is 0.293 e. The fourth-order valence-electron chi connectivity index (χ4n) is 2.00. The lowest BCUT2D eigenvalue weighted by Crippen LogP contribution is -2.16. The van der Waals surface area contributed by atoms with Gasteiger partial charge in [0.15, 0.2) is 0 Å². The van der Waals surface area contributed by atoms with Gasteiger partial charge in [-0.3, -0.25) is 19.9 Å². The minimum absolute atomic E-state index is 0.111. The summed E-state index contributed by atoms with van der Waals surface area (Å²) in [6.07, 6.45) is 2.16. The third kappa shape index (κ3) is 3.66. The Bertz CT molecular complexity index is 585. The van der Waals surface area contributed by atoms with Crippen molar-refractivity contribution >= 4 is 11.9 Å². The molecular weight excluding hydrogens is 256 g/mol. The van der Waals surface area contributed by atoms with Crippen LogP contribution in [0.3, 0.4) is 0 Å². The predicted octanol–water partition coefficient (Wildman–Crippen LogP) is 1.60. The number of nitrogens with one attached hydrogen (secondary N) is 2. The lowest BCUT2D eigenvalue weighted by Gasteiger charge is -2.03. The third-order valence-electron chi connectivity index (χ3n) is 2.92. The Hall–Kier alpha value is -2.18. The van der Waals surface area contributed by atoms with E-state index in [2.05, 4.69) is 32.5 Å². The predicted molar refractivity (Wildman–Crippen MR) is 75.3 cm³/mol. The average molecular weight is 276 g/mol. The van der Waals surface area contributed by atoms with E-state index < -0.39 is 0 Å². The van der Waals surface area contributed by atoms with Crippen molar-refractivity contribution in [2.75, 3.05) is 5.32 Å². The summed E-state index contributed by atoms with van der Waals surface area (Å²) in [6, 6.07) is 1.99. The van der Waals surface area contributed by atoms with Crippen LogP contribution in [0.1, 0.15) is 37.0 Å². The van der Waals surface area contributed by atoms with Gasteiger partial charge in [0.25, 0.3) is 0 Å². The van der Waals surface area contributed by atoms with Crippen LogP contribution in [0.15, 0.2) is 6.07 Å². The molecule has 0 aliphatic carbocycles. The van der Waals surface area contributed by atoms with Gasteiger partial charge in [0, 0.05) is 25.1 Å². The molecule has 2 N–H and O–H groups in total. The van der Waals surface area contributed by atoms with Gasteiger partial charge in [-0.05, 0) is 26.3 Å². The second-order valence-electron chi connectivity index (χ2n) is 4.80. The third-order valence-corrected chi connectivity index (χ3v) is 2.92. The molecule has 0 spiro atoms. The van der Waals surface area contributed by atoms with E-state index in [1.54, 1.807) is 0 Å². The van der Waals surface area contributed by atoms with Gasteiger partial charge in [0.2, 0.25) is 11.9 Å². The summed E-state index contributed by atoms with van der Waals surface area (Å²) in [7, 11) is 0. The van der Waals surface area contributed by atoms with Crippen molar-refractivity contribution in [2.24, 2.45) is 0 Å². The van der Waals surface area contributed by atoms with Gasteiger partial charge in [0.05, 0.1) is 5.69 Å². The van der Waals surface area contributed by atoms with E-state index in [0.717, 1.165) is 30.1 Å². The number of nitrogens with zero attached hydrogens (tertiary/aromatic N) is 4. The maximum atomic E-state index is 11.8. The first-order valence-corrected chi connectivity index (χ1v) is 6.80. The molecule has 0 atom stereocenters. The number of H-pyrrole nitrogens is 1. The summed E-state index contributed by atoms with van der Waals surface area (Å²) < 4.78 is 1.83. The number of aryl methyl sites for hydroxylation is 4. The molecule has 2 rings (SSSR count). The highest BCUT2D eigenvalue weighted by Crippen LogP contribution is 2.05. The Kier molecular flexibility index (Phi) is 4.49. The van der Waals surface area contributed by atoms with E-state index in [1.807, 2.05) is 24.6 Å². The lowest BCUT2D eigenvalue weighted by atomic mass is 10.3. The molecule has 2 aromatic rings. The van der Waals surface area contributed by atoms with Gasteiger partial charge in [-0.15, -0.1) is 5.10 Å². The Morgan fingerprint density at radius 1 is 1.45 bits per heavy atom. The van der Waals surface area contributed by atoms with E-state index in [-0.39, 0.29) is 5.91 Å². The van der Waals surface area contributed by atoms with Crippen molar-refractivity contribution in [1.82, 2.24) is 25.0 Å². The summed E-state index contributed by atoms with van der Waals surface area (Å²) >= 11 is 0. The lowest BCUT2D eigenvalue weighted by molar-refractivity contribution is -0.116. The van der Waals surface area contributed by atoms with Crippen LogP contribution in [-0.2, 0) is 17.8 Å². The van der Waals surface area contributed by atoms with Crippen molar-refractivity contribution in [3.63, 3.8) is 0 Å². The van der Waals surface area contributed by atoms with Crippen molar-refractivity contribution < 1.29 is 4.79 Å². The Labute approximate surface area is 117 Å². The summed E-state index contributed by atoms with van der Waals surface area (Å²) in [6.45, 7) is 6.53. The van der Waals surface area contributed by atoms with Crippen LogP contribution in [0.4, 0.5) is 5.95 Å². The zero-order chi connectivity index (χ0) is 14.5. The van der Waals surface area contributed by atoms with E-state index in [1.165, 1.54) is 0 Å². The number of carbonyl (C=O) groups excluding carboxylic acids is 1. The molecule has 0 unspecified atom stereocenters. The molecule has 0 saturated carbocycles. The molecule has 0 fully saturated rings. The molecular formula is C13H20N6O. The second-order valence-corrected chi connectivity index (χ2v) is 4.80. The topological polar surface area (TPSA) is 88.5 Å². The van der Waals surface area contributed by atoms with E-state index >= 15 is 0 Å². The van der Waals surface area contributed by atoms with Crippen molar-refractivity contribution in [3.8, 4) is 0 Å². The van der Waals surface area contributed by atoms with Crippen LogP contribution in [-0.4, -0.2) is 30.9 Å². The highest BCUT2D eigenvalue weighted by Gasteiger charge is 2.08. The van der Waals surface area contributed by atoms with Gasteiger partial charge in [-0.25, -0.2) is 0 Å². The quantitative estimate of drug-likeness (QED) is 0.838. The molecule has 2 aromatic heterocycles. The maximum Gasteiger partial charge on any atom is 0.248 e. The number of carbonyl (C=O) groups is 1. The van der Waals surface area contributed by atoms with Gasteiger partial charge in [-0.2, -0.15) is 10.1 Å². The normalized spacial score (nSPS) is 10.8.